The van der Waals surface area contributed by atoms with Gasteiger partial charge in [0.1, 0.15) is 17.9 Å². The summed E-state index contributed by atoms with van der Waals surface area (Å²) in [5, 5.41) is 2.55. The van der Waals surface area contributed by atoms with Gasteiger partial charge >= 0.3 is 6.09 Å². The van der Waals surface area contributed by atoms with Crippen molar-refractivity contribution in [2.45, 2.75) is 37.7 Å². The van der Waals surface area contributed by atoms with Crippen LogP contribution in [0.25, 0.3) is 0 Å². The van der Waals surface area contributed by atoms with Crippen molar-refractivity contribution < 1.29 is 27.5 Å². The fraction of sp³-hybridized carbons (Fsp3) is 0.526. The van der Waals surface area contributed by atoms with Gasteiger partial charge in [-0.05, 0) is 32.9 Å². The number of aliphatic imine (C=N–C) groups is 1. The van der Waals surface area contributed by atoms with Crippen LogP contribution >= 0.6 is 11.8 Å². The number of para-hydroxylation sites is 2. The van der Waals surface area contributed by atoms with Crippen molar-refractivity contribution in [2.24, 2.45) is 4.99 Å². The molecular weight excluding hydrogens is 430 g/mol. The number of alkyl carbamates (subject to hydrolysis) is 1. The minimum Gasteiger partial charge on any atom is -0.495 e. The minimum absolute atomic E-state index is 0.0217. The summed E-state index contributed by atoms with van der Waals surface area (Å²) in [7, 11) is -1.65. The number of anilines is 1. The molecule has 1 aromatic rings. The maximum absolute atomic E-state index is 12.4. The summed E-state index contributed by atoms with van der Waals surface area (Å²) in [5.74, 6) is -0.00940. The van der Waals surface area contributed by atoms with E-state index in [-0.39, 0.29) is 29.3 Å². The second-order valence-corrected chi connectivity index (χ2v) is 11.3. The van der Waals surface area contributed by atoms with Crippen LogP contribution in [0.2, 0.25) is 0 Å². The van der Waals surface area contributed by atoms with Gasteiger partial charge in [-0.15, -0.1) is 0 Å². The largest absolute Gasteiger partial charge is 0.495 e. The van der Waals surface area contributed by atoms with Crippen molar-refractivity contribution in [1.29, 1.82) is 0 Å². The maximum Gasteiger partial charge on any atom is 0.408 e. The molecule has 0 unspecified atom stereocenters. The quantitative estimate of drug-likeness (QED) is 0.731. The van der Waals surface area contributed by atoms with Crippen LogP contribution in [0.4, 0.5) is 10.5 Å². The topological polar surface area (TPSA) is 114 Å². The maximum atomic E-state index is 12.4. The van der Waals surface area contributed by atoms with Crippen LogP contribution in [0.15, 0.2) is 29.3 Å². The van der Waals surface area contributed by atoms with E-state index >= 15 is 0 Å². The molecule has 30 heavy (non-hydrogen) atoms. The van der Waals surface area contributed by atoms with E-state index in [0.29, 0.717) is 16.6 Å². The number of rotatable bonds is 4. The zero-order valence-electron chi connectivity index (χ0n) is 17.2. The summed E-state index contributed by atoms with van der Waals surface area (Å²) in [6, 6.07) is 6.83. The first kappa shape index (κ1) is 22.4. The molecule has 2 heterocycles. The van der Waals surface area contributed by atoms with Crippen LogP contribution in [0.3, 0.4) is 0 Å². The molecule has 9 nitrogen and oxygen atoms in total. The Morgan fingerprint density at radius 1 is 1.27 bits per heavy atom. The number of carbonyl (C=O) groups is 2. The predicted molar refractivity (Wildman–Crippen MR) is 116 cm³/mol. The van der Waals surface area contributed by atoms with Crippen LogP contribution in [-0.2, 0) is 19.4 Å². The second kappa shape index (κ2) is 8.46. The number of amidine groups is 1. The van der Waals surface area contributed by atoms with Gasteiger partial charge in [-0.3, -0.25) is 4.79 Å². The number of nitrogens with one attached hydrogen (secondary N) is 1. The molecule has 1 aromatic carbocycles. The van der Waals surface area contributed by atoms with E-state index in [9.17, 15) is 18.0 Å². The normalized spacial score (nSPS) is 23.9. The summed E-state index contributed by atoms with van der Waals surface area (Å²) in [4.78, 5) is 30.1. The van der Waals surface area contributed by atoms with Gasteiger partial charge in [-0.2, -0.15) is 4.99 Å². The monoisotopic (exact) mass is 455 g/mol. The summed E-state index contributed by atoms with van der Waals surface area (Å²) >= 11 is 1.25. The first-order valence-corrected chi connectivity index (χ1v) is 12.1. The molecule has 0 spiro atoms. The summed E-state index contributed by atoms with van der Waals surface area (Å²) in [6.07, 6.45) is -0.709. The zero-order valence-corrected chi connectivity index (χ0v) is 18.9. The number of hydrogen-bond donors (Lipinski definition) is 1. The predicted octanol–water partition coefficient (Wildman–Crippen LogP) is 1.82. The van der Waals surface area contributed by atoms with Crippen molar-refractivity contribution in [1.82, 2.24) is 5.32 Å². The average molecular weight is 456 g/mol. The third-order valence-electron chi connectivity index (χ3n) is 4.41. The molecule has 2 amide bonds. The summed E-state index contributed by atoms with van der Waals surface area (Å²) < 4.78 is 34.8. The van der Waals surface area contributed by atoms with E-state index in [1.165, 1.54) is 18.9 Å². The zero-order chi connectivity index (χ0) is 22.1. The van der Waals surface area contributed by atoms with E-state index in [2.05, 4.69) is 10.3 Å². The number of hydrogen-bond acceptors (Lipinski definition) is 7. The number of thioether (sulfide) groups is 1. The summed E-state index contributed by atoms with van der Waals surface area (Å²) in [5.41, 5.74) is -0.0343. The Morgan fingerprint density at radius 2 is 1.97 bits per heavy atom. The number of benzene rings is 1. The Labute approximate surface area is 180 Å². The molecule has 0 radical (unpaired) electrons. The van der Waals surface area contributed by atoms with Gasteiger partial charge in [-0.25, -0.2) is 13.2 Å². The van der Waals surface area contributed by atoms with Crippen molar-refractivity contribution in [3.8, 4) is 5.75 Å². The number of fused-ring (bicyclic) bond motifs is 1. The molecule has 0 aliphatic carbocycles. The van der Waals surface area contributed by atoms with Crippen molar-refractivity contribution in [3.05, 3.63) is 24.3 Å². The van der Waals surface area contributed by atoms with E-state index in [1.807, 2.05) is 6.07 Å². The molecule has 3 rings (SSSR count). The third-order valence-corrected chi connectivity index (χ3v) is 7.62. The van der Waals surface area contributed by atoms with Crippen LogP contribution < -0.4 is 15.0 Å². The van der Waals surface area contributed by atoms with E-state index in [1.54, 1.807) is 43.9 Å². The highest BCUT2D eigenvalue weighted by atomic mass is 32.2. The van der Waals surface area contributed by atoms with Gasteiger partial charge in [0, 0.05) is 5.25 Å². The molecule has 2 aliphatic rings. The molecule has 1 N–H and O–H groups in total. The molecule has 0 aromatic heterocycles. The Hall–Kier alpha value is -2.27. The molecule has 164 valence electrons. The molecule has 2 aliphatic heterocycles. The lowest BCUT2D eigenvalue weighted by atomic mass is 10.2. The highest BCUT2D eigenvalue weighted by Gasteiger charge is 2.50. The molecular formula is C19H25N3O6S2. The molecule has 2 fully saturated rings. The number of nitrogens with zero attached hydrogens (tertiary/aromatic N) is 2. The third kappa shape index (κ3) is 5.25. The lowest BCUT2D eigenvalue weighted by Crippen LogP contribution is -2.39. The minimum atomic E-state index is -3.17. The fourth-order valence-electron chi connectivity index (χ4n) is 3.28. The average Bonchev–Trinajstić information content (AvgIpc) is 3.09. The Bertz CT molecular complexity index is 971. The van der Waals surface area contributed by atoms with Gasteiger partial charge in [0.25, 0.3) is 5.91 Å². The van der Waals surface area contributed by atoms with Crippen molar-refractivity contribution in [3.63, 3.8) is 0 Å². The Kier molecular flexibility index (Phi) is 6.32. The second-order valence-electron chi connectivity index (χ2n) is 7.99. The molecule has 0 saturated carbocycles. The highest BCUT2D eigenvalue weighted by Crippen LogP contribution is 2.43. The van der Waals surface area contributed by atoms with Crippen molar-refractivity contribution in [2.75, 3.05) is 30.1 Å². The van der Waals surface area contributed by atoms with Crippen LogP contribution in [0, 0.1) is 0 Å². The Morgan fingerprint density at radius 3 is 2.63 bits per heavy atom. The van der Waals surface area contributed by atoms with Gasteiger partial charge in [0.05, 0.1) is 30.3 Å². The van der Waals surface area contributed by atoms with Crippen molar-refractivity contribution >= 4 is 44.5 Å². The summed E-state index contributed by atoms with van der Waals surface area (Å²) in [6.45, 7) is 4.84. The van der Waals surface area contributed by atoms with Gasteiger partial charge in [0.2, 0.25) is 0 Å². The molecule has 2 atom stereocenters. The van der Waals surface area contributed by atoms with Gasteiger partial charge < -0.3 is 19.7 Å². The first-order chi connectivity index (χ1) is 14.0. The molecule has 2 saturated heterocycles. The first-order valence-electron chi connectivity index (χ1n) is 9.37. The van der Waals surface area contributed by atoms with Crippen LogP contribution in [0.1, 0.15) is 20.8 Å². The number of ether oxygens (including phenoxy) is 2. The fourth-order valence-corrected chi connectivity index (χ4v) is 7.21. The smallest absolute Gasteiger partial charge is 0.408 e. The number of sulfone groups is 1. The van der Waals surface area contributed by atoms with Gasteiger partial charge in [-0.1, -0.05) is 23.9 Å². The van der Waals surface area contributed by atoms with Gasteiger partial charge in [0.15, 0.2) is 15.0 Å². The molecule has 11 heteroatoms. The van der Waals surface area contributed by atoms with E-state index < -0.39 is 27.4 Å². The SMILES string of the molecule is COc1ccccc1N1C(=NC(=O)CNC(=O)OC(C)(C)C)S[C@@H]2CS(=O)(=O)C[C@H]21. The number of methoxy groups -OCH3 is 1. The number of amides is 2. The van der Waals surface area contributed by atoms with Crippen LogP contribution in [-0.4, -0.2) is 67.6 Å². The van der Waals surface area contributed by atoms with E-state index in [4.69, 9.17) is 9.47 Å². The highest BCUT2D eigenvalue weighted by molar-refractivity contribution is 8.16. The standard InChI is InChI=1S/C19H25N3O6S2/c1-19(2,3)28-18(24)20-9-16(23)21-17-22(12-7-5-6-8-14(12)27-4)13-10-30(25,26)11-15(13)29-17/h5-8,13,15H,9-11H2,1-4H3,(H,20,24)/t13-,15-/m1/s1. The van der Waals surface area contributed by atoms with E-state index in [0.717, 1.165) is 0 Å². The van der Waals surface area contributed by atoms with Crippen LogP contribution in [0.5, 0.6) is 5.75 Å². The lowest BCUT2D eigenvalue weighted by molar-refractivity contribution is -0.117. The Balaban J connectivity index is 1.82. The molecule has 0 bridgehead atoms. The number of carbonyl (C=O) groups excluding carboxylic acids is 2. The lowest BCUT2D eigenvalue weighted by Gasteiger charge is -2.26.